The molecule has 1 aliphatic carbocycles. The summed E-state index contributed by atoms with van der Waals surface area (Å²) < 4.78 is 0. The number of nitrogens with one attached hydrogen (secondary N) is 1. The first-order valence-electron chi connectivity index (χ1n) is 2.77. The van der Waals surface area contributed by atoms with Crippen LogP contribution >= 0.6 is 12.6 Å². The van der Waals surface area contributed by atoms with E-state index in [1.165, 1.54) is 12.8 Å². The van der Waals surface area contributed by atoms with Gasteiger partial charge >= 0.3 is 0 Å². The van der Waals surface area contributed by atoms with E-state index >= 15 is 0 Å². The lowest BCUT2D eigenvalue weighted by molar-refractivity contribution is 0.727. The van der Waals surface area contributed by atoms with Crippen LogP contribution < -0.4 is 5.32 Å². The zero-order chi connectivity index (χ0) is 5.11. The number of hydrogen-bond donors (Lipinski definition) is 2. The minimum Gasteiger partial charge on any atom is -0.313 e. The molecule has 0 aromatic carbocycles. The molecule has 1 saturated carbocycles. The van der Waals surface area contributed by atoms with Gasteiger partial charge in [-0.25, -0.2) is 0 Å². The summed E-state index contributed by atoms with van der Waals surface area (Å²) in [5, 5.41) is 3.33. The van der Waals surface area contributed by atoms with Crippen molar-refractivity contribution in [3.05, 3.63) is 0 Å². The second kappa shape index (κ2) is 2.58. The maximum Gasteiger partial charge on any atom is 0.00685 e. The summed E-state index contributed by atoms with van der Waals surface area (Å²) in [6, 6.07) is 0.854. The summed E-state index contributed by atoms with van der Waals surface area (Å²) in [5.74, 6) is 0.969. The average molecular weight is 117 g/mol. The van der Waals surface area contributed by atoms with Gasteiger partial charge in [0.2, 0.25) is 0 Å². The highest BCUT2D eigenvalue weighted by atomic mass is 32.1. The Morgan fingerprint density at radius 3 is 2.71 bits per heavy atom. The normalized spacial score (nSPS) is 20.1. The molecule has 0 aromatic rings. The second-order valence-corrected chi connectivity index (χ2v) is 2.40. The van der Waals surface area contributed by atoms with Crippen LogP contribution in [-0.4, -0.2) is 18.3 Å². The number of thiol groups is 1. The van der Waals surface area contributed by atoms with Gasteiger partial charge in [0.05, 0.1) is 0 Å². The lowest BCUT2D eigenvalue weighted by Crippen LogP contribution is -2.18. The zero-order valence-corrected chi connectivity index (χ0v) is 5.25. The highest BCUT2D eigenvalue weighted by Gasteiger charge is 2.18. The van der Waals surface area contributed by atoms with E-state index in [0.29, 0.717) is 0 Å². The average Bonchev–Trinajstić information content (AvgIpc) is 2.42. The van der Waals surface area contributed by atoms with Gasteiger partial charge in [-0.05, 0) is 12.8 Å². The van der Waals surface area contributed by atoms with Gasteiger partial charge in [0.1, 0.15) is 0 Å². The third-order valence-corrected chi connectivity index (χ3v) is 1.35. The first kappa shape index (κ1) is 5.45. The Bertz CT molecular complexity index is 52.0. The molecular formula is C5H11NS. The molecule has 1 nitrogen and oxygen atoms in total. The third-order valence-electron chi connectivity index (χ3n) is 1.12. The van der Waals surface area contributed by atoms with Crippen LogP contribution in [-0.2, 0) is 0 Å². The molecule has 0 radical (unpaired) electrons. The lowest BCUT2D eigenvalue weighted by Gasteiger charge is -1.94. The zero-order valence-electron chi connectivity index (χ0n) is 4.35. The highest BCUT2D eigenvalue weighted by molar-refractivity contribution is 7.80. The van der Waals surface area contributed by atoms with Gasteiger partial charge in [-0.3, -0.25) is 0 Å². The summed E-state index contributed by atoms with van der Waals surface area (Å²) in [7, 11) is 0. The predicted molar refractivity (Wildman–Crippen MR) is 34.9 cm³/mol. The molecule has 0 amide bonds. The van der Waals surface area contributed by atoms with E-state index in [1.807, 2.05) is 0 Å². The van der Waals surface area contributed by atoms with Gasteiger partial charge in [-0.1, -0.05) is 0 Å². The SMILES string of the molecule is SCCNC1CC1. The van der Waals surface area contributed by atoms with Crippen molar-refractivity contribution >= 4 is 12.6 Å². The maximum atomic E-state index is 4.06. The maximum absolute atomic E-state index is 4.06. The molecule has 0 saturated heterocycles. The molecule has 1 aliphatic rings. The van der Waals surface area contributed by atoms with Crippen molar-refractivity contribution in [2.75, 3.05) is 12.3 Å². The summed E-state index contributed by atoms with van der Waals surface area (Å²) >= 11 is 4.06. The van der Waals surface area contributed by atoms with Gasteiger partial charge in [-0.2, -0.15) is 12.6 Å². The van der Waals surface area contributed by atoms with Crippen LogP contribution in [0.5, 0.6) is 0 Å². The van der Waals surface area contributed by atoms with Crippen LogP contribution in [0.25, 0.3) is 0 Å². The lowest BCUT2D eigenvalue weighted by atomic mass is 10.6. The first-order valence-corrected chi connectivity index (χ1v) is 3.41. The summed E-state index contributed by atoms with van der Waals surface area (Å²) in [5.41, 5.74) is 0. The Hall–Kier alpha value is 0.310. The van der Waals surface area contributed by atoms with E-state index in [4.69, 9.17) is 0 Å². The van der Waals surface area contributed by atoms with Crippen LogP contribution in [0.3, 0.4) is 0 Å². The predicted octanol–water partition coefficient (Wildman–Crippen LogP) is 0.668. The van der Waals surface area contributed by atoms with E-state index in [1.54, 1.807) is 0 Å². The van der Waals surface area contributed by atoms with Crippen LogP contribution in [0.4, 0.5) is 0 Å². The molecule has 0 atom stereocenters. The molecule has 42 valence electrons. The minimum atomic E-state index is 0.854. The molecule has 0 aliphatic heterocycles. The summed E-state index contributed by atoms with van der Waals surface area (Å²) in [4.78, 5) is 0. The first-order chi connectivity index (χ1) is 3.43. The van der Waals surface area contributed by atoms with Crippen molar-refractivity contribution in [1.29, 1.82) is 0 Å². The number of rotatable bonds is 3. The van der Waals surface area contributed by atoms with Crippen molar-refractivity contribution in [2.24, 2.45) is 0 Å². The Morgan fingerprint density at radius 2 is 2.29 bits per heavy atom. The third kappa shape index (κ3) is 2.19. The molecule has 7 heavy (non-hydrogen) atoms. The van der Waals surface area contributed by atoms with Crippen molar-refractivity contribution in [3.8, 4) is 0 Å². The van der Waals surface area contributed by atoms with Crippen molar-refractivity contribution in [3.63, 3.8) is 0 Å². The molecule has 0 aromatic heterocycles. The van der Waals surface area contributed by atoms with E-state index in [9.17, 15) is 0 Å². The van der Waals surface area contributed by atoms with Crippen LogP contribution in [0, 0.1) is 0 Å². The summed E-state index contributed by atoms with van der Waals surface area (Å²) in [6.07, 6.45) is 2.77. The van der Waals surface area contributed by atoms with Crippen molar-refractivity contribution in [2.45, 2.75) is 18.9 Å². The molecule has 0 bridgehead atoms. The van der Waals surface area contributed by atoms with Crippen LogP contribution in [0.15, 0.2) is 0 Å². The fourth-order valence-corrected chi connectivity index (χ4v) is 0.685. The van der Waals surface area contributed by atoms with Gasteiger partial charge in [-0.15, -0.1) is 0 Å². The van der Waals surface area contributed by atoms with Gasteiger partial charge in [0, 0.05) is 18.3 Å². The molecule has 1 fully saturated rings. The summed E-state index contributed by atoms with van der Waals surface area (Å²) in [6.45, 7) is 1.08. The second-order valence-electron chi connectivity index (χ2n) is 1.95. The van der Waals surface area contributed by atoms with Crippen LogP contribution in [0.1, 0.15) is 12.8 Å². The van der Waals surface area contributed by atoms with Crippen molar-refractivity contribution in [1.82, 2.24) is 5.32 Å². The van der Waals surface area contributed by atoms with Gasteiger partial charge < -0.3 is 5.32 Å². The van der Waals surface area contributed by atoms with E-state index in [0.717, 1.165) is 18.3 Å². The molecule has 0 unspecified atom stereocenters. The van der Waals surface area contributed by atoms with Gasteiger partial charge in [0.15, 0.2) is 0 Å². The Labute approximate surface area is 49.9 Å². The van der Waals surface area contributed by atoms with E-state index < -0.39 is 0 Å². The van der Waals surface area contributed by atoms with Crippen LogP contribution in [0.2, 0.25) is 0 Å². The Kier molecular flexibility index (Phi) is 2.00. The minimum absolute atomic E-state index is 0.854. The van der Waals surface area contributed by atoms with E-state index in [2.05, 4.69) is 17.9 Å². The highest BCUT2D eigenvalue weighted by Crippen LogP contribution is 2.17. The Morgan fingerprint density at radius 1 is 1.57 bits per heavy atom. The molecule has 1 rings (SSSR count). The number of hydrogen-bond acceptors (Lipinski definition) is 2. The van der Waals surface area contributed by atoms with Crippen molar-refractivity contribution < 1.29 is 0 Å². The van der Waals surface area contributed by atoms with Gasteiger partial charge in [0.25, 0.3) is 0 Å². The molecule has 1 N–H and O–H groups in total. The quantitative estimate of drug-likeness (QED) is 0.518. The smallest absolute Gasteiger partial charge is 0.00685 e. The fraction of sp³-hybridized carbons (Fsp3) is 1.00. The molecule has 2 heteroatoms. The fourth-order valence-electron chi connectivity index (χ4n) is 0.556. The van der Waals surface area contributed by atoms with E-state index in [-0.39, 0.29) is 0 Å². The molecular weight excluding hydrogens is 106 g/mol. The standard InChI is InChI=1S/C5H11NS/c7-4-3-6-5-1-2-5/h5-7H,1-4H2. The topological polar surface area (TPSA) is 12.0 Å². The molecule has 0 spiro atoms. The Balaban J connectivity index is 1.80. The monoisotopic (exact) mass is 117 g/mol. The largest absolute Gasteiger partial charge is 0.313 e. The molecule has 0 heterocycles.